The van der Waals surface area contributed by atoms with E-state index in [-0.39, 0.29) is 11.5 Å². The highest BCUT2D eigenvalue weighted by Crippen LogP contribution is 2.24. The van der Waals surface area contributed by atoms with E-state index in [0.29, 0.717) is 20.8 Å². The fraction of sp³-hybridized carbons (Fsp3) is 0.0769. The molecule has 0 bridgehead atoms. The number of methoxy groups -OCH3 is 1. The number of halogens is 1. The van der Waals surface area contributed by atoms with Gasteiger partial charge >= 0.3 is 5.97 Å². The SMILES string of the molecule is COc1csc(C(=O)Nc2ccc(Br)c(C(=O)O)c2)c1. The lowest BCUT2D eigenvalue weighted by atomic mass is 10.2. The third kappa shape index (κ3) is 3.17. The Morgan fingerprint density at radius 1 is 1.35 bits per heavy atom. The van der Waals surface area contributed by atoms with Crippen molar-refractivity contribution in [3.63, 3.8) is 0 Å². The van der Waals surface area contributed by atoms with E-state index in [4.69, 9.17) is 9.84 Å². The molecule has 0 fully saturated rings. The van der Waals surface area contributed by atoms with Crippen molar-refractivity contribution in [2.45, 2.75) is 0 Å². The van der Waals surface area contributed by atoms with Gasteiger partial charge in [0, 0.05) is 21.6 Å². The van der Waals surface area contributed by atoms with Gasteiger partial charge in [-0.3, -0.25) is 4.79 Å². The van der Waals surface area contributed by atoms with Gasteiger partial charge in [-0.05, 0) is 34.1 Å². The maximum absolute atomic E-state index is 12.0. The minimum atomic E-state index is -1.06. The maximum atomic E-state index is 12.0. The summed E-state index contributed by atoms with van der Waals surface area (Å²) in [5.74, 6) is -0.759. The molecule has 1 heterocycles. The second-order valence-corrected chi connectivity index (χ2v) is 5.57. The first-order chi connectivity index (χ1) is 9.51. The van der Waals surface area contributed by atoms with Crippen LogP contribution in [0.5, 0.6) is 5.75 Å². The van der Waals surface area contributed by atoms with Crippen molar-refractivity contribution in [1.82, 2.24) is 0 Å². The molecule has 5 nitrogen and oxygen atoms in total. The molecular formula is C13H10BrNO4S. The van der Waals surface area contributed by atoms with E-state index >= 15 is 0 Å². The van der Waals surface area contributed by atoms with Crippen molar-refractivity contribution in [3.05, 3.63) is 44.6 Å². The molecule has 0 aliphatic carbocycles. The third-order valence-corrected chi connectivity index (χ3v) is 4.09. The molecule has 0 atom stereocenters. The zero-order valence-corrected chi connectivity index (χ0v) is 12.7. The molecule has 7 heteroatoms. The molecule has 2 rings (SSSR count). The monoisotopic (exact) mass is 355 g/mol. The molecular weight excluding hydrogens is 346 g/mol. The number of hydrogen-bond donors (Lipinski definition) is 2. The lowest BCUT2D eigenvalue weighted by Crippen LogP contribution is -2.11. The smallest absolute Gasteiger partial charge is 0.336 e. The predicted molar refractivity (Wildman–Crippen MR) is 79.9 cm³/mol. The Kier molecular flexibility index (Phi) is 4.41. The van der Waals surface area contributed by atoms with Gasteiger partial charge < -0.3 is 15.2 Å². The van der Waals surface area contributed by atoms with Crippen LogP contribution in [0.4, 0.5) is 5.69 Å². The molecule has 2 N–H and O–H groups in total. The zero-order chi connectivity index (χ0) is 14.7. The number of amides is 1. The summed E-state index contributed by atoms with van der Waals surface area (Å²) >= 11 is 4.40. The quantitative estimate of drug-likeness (QED) is 0.880. The van der Waals surface area contributed by atoms with E-state index < -0.39 is 5.97 Å². The average molecular weight is 356 g/mol. The number of aromatic carboxylic acids is 1. The minimum absolute atomic E-state index is 0.0894. The number of ether oxygens (including phenoxy) is 1. The Balaban J connectivity index is 2.19. The highest BCUT2D eigenvalue weighted by atomic mass is 79.9. The molecule has 20 heavy (non-hydrogen) atoms. The van der Waals surface area contributed by atoms with Crippen LogP contribution in [-0.4, -0.2) is 24.1 Å². The van der Waals surface area contributed by atoms with Gasteiger partial charge in [-0.1, -0.05) is 0 Å². The van der Waals surface area contributed by atoms with Crippen LogP contribution >= 0.6 is 27.3 Å². The number of carbonyl (C=O) groups is 2. The summed E-state index contributed by atoms with van der Waals surface area (Å²) in [6, 6.07) is 6.22. The molecule has 0 aliphatic rings. The Hall–Kier alpha value is -1.86. The third-order valence-electron chi connectivity index (χ3n) is 2.49. The molecule has 2 aromatic rings. The van der Waals surface area contributed by atoms with Crippen molar-refractivity contribution < 1.29 is 19.4 Å². The van der Waals surface area contributed by atoms with E-state index in [1.54, 1.807) is 23.6 Å². The zero-order valence-electron chi connectivity index (χ0n) is 10.3. The Morgan fingerprint density at radius 3 is 2.70 bits per heavy atom. The van der Waals surface area contributed by atoms with Crippen LogP contribution in [0.2, 0.25) is 0 Å². The number of carboxylic acids is 1. The van der Waals surface area contributed by atoms with Gasteiger partial charge in [0.2, 0.25) is 0 Å². The summed E-state index contributed by atoms with van der Waals surface area (Å²) in [6.45, 7) is 0. The normalized spacial score (nSPS) is 10.1. The molecule has 0 saturated heterocycles. The van der Waals surface area contributed by atoms with Crippen LogP contribution in [0.1, 0.15) is 20.0 Å². The summed E-state index contributed by atoms with van der Waals surface area (Å²) < 4.78 is 5.47. The first-order valence-corrected chi connectivity index (χ1v) is 7.15. The molecule has 0 radical (unpaired) electrons. The molecule has 1 aromatic carbocycles. The van der Waals surface area contributed by atoms with Crippen LogP contribution in [0, 0.1) is 0 Å². The highest BCUT2D eigenvalue weighted by molar-refractivity contribution is 9.10. The second-order valence-electron chi connectivity index (χ2n) is 3.80. The average Bonchev–Trinajstić information content (AvgIpc) is 2.89. The number of nitrogens with one attached hydrogen (secondary N) is 1. The number of anilines is 1. The number of rotatable bonds is 4. The number of carboxylic acid groups (broad SMARTS) is 1. The maximum Gasteiger partial charge on any atom is 0.336 e. The van der Waals surface area contributed by atoms with Gasteiger partial charge in [0.25, 0.3) is 5.91 Å². The summed E-state index contributed by atoms with van der Waals surface area (Å²) in [5, 5.41) is 13.4. The Labute approximate surface area is 127 Å². The molecule has 0 spiro atoms. The molecule has 1 amide bonds. The van der Waals surface area contributed by atoms with E-state index in [1.165, 1.54) is 24.5 Å². The van der Waals surface area contributed by atoms with Crippen molar-refractivity contribution in [2.24, 2.45) is 0 Å². The van der Waals surface area contributed by atoms with Gasteiger partial charge in [-0.2, -0.15) is 0 Å². The van der Waals surface area contributed by atoms with E-state index in [1.807, 2.05) is 0 Å². The van der Waals surface area contributed by atoms with E-state index in [2.05, 4.69) is 21.2 Å². The predicted octanol–water partition coefficient (Wildman–Crippen LogP) is 3.47. The lowest BCUT2D eigenvalue weighted by molar-refractivity contribution is 0.0695. The van der Waals surface area contributed by atoms with Gasteiger partial charge in [0.1, 0.15) is 5.75 Å². The molecule has 1 aromatic heterocycles. The molecule has 0 unspecified atom stereocenters. The van der Waals surface area contributed by atoms with Crippen LogP contribution < -0.4 is 10.1 Å². The number of carbonyl (C=O) groups excluding carboxylic acids is 1. The topological polar surface area (TPSA) is 75.6 Å². The largest absolute Gasteiger partial charge is 0.496 e. The van der Waals surface area contributed by atoms with Gasteiger partial charge in [-0.15, -0.1) is 11.3 Å². The molecule has 0 saturated carbocycles. The van der Waals surface area contributed by atoms with Crippen LogP contribution in [0.3, 0.4) is 0 Å². The summed E-state index contributed by atoms with van der Waals surface area (Å²) in [6.07, 6.45) is 0. The first kappa shape index (κ1) is 14.5. The van der Waals surface area contributed by atoms with Crippen molar-refractivity contribution in [3.8, 4) is 5.75 Å². The summed E-state index contributed by atoms with van der Waals surface area (Å²) in [5.41, 5.74) is 0.509. The lowest BCUT2D eigenvalue weighted by Gasteiger charge is -2.06. The van der Waals surface area contributed by atoms with Crippen molar-refractivity contribution in [1.29, 1.82) is 0 Å². The van der Waals surface area contributed by atoms with Gasteiger partial charge in [0.15, 0.2) is 0 Å². The summed E-state index contributed by atoms with van der Waals surface area (Å²) in [7, 11) is 1.53. The minimum Gasteiger partial charge on any atom is -0.496 e. The van der Waals surface area contributed by atoms with Crippen LogP contribution in [0.25, 0.3) is 0 Å². The Bertz CT molecular complexity index is 668. The fourth-order valence-electron chi connectivity index (χ4n) is 1.50. The van der Waals surface area contributed by atoms with Gasteiger partial charge in [-0.25, -0.2) is 4.79 Å². The highest BCUT2D eigenvalue weighted by Gasteiger charge is 2.13. The van der Waals surface area contributed by atoms with Crippen molar-refractivity contribution >= 4 is 44.8 Å². The molecule has 0 aliphatic heterocycles. The van der Waals surface area contributed by atoms with Crippen LogP contribution in [-0.2, 0) is 0 Å². The second kappa shape index (κ2) is 6.06. The number of benzene rings is 1. The van der Waals surface area contributed by atoms with E-state index in [0.717, 1.165) is 0 Å². The molecule has 104 valence electrons. The number of thiophene rings is 1. The first-order valence-electron chi connectivity index (χ1n) is 5.48. The van der Waals surface area contributed by atoms with Crippen LogP contribution in [0.15, 0.2) is 34.1 Å². The standard InChI is InChI=1S/C13H10BrNO4S/c1-19-8-5-11(20-6-8)12(16)15-7-2-3-10(14)9(4-7)13(17)18/h2-6H,1H3,(H,15,16)(H,17,18). The van der Waals surface area contributed by atoms with E-state index in [9.17, 15) is 9.59 Å². The summed E-state index contributed by atoms with van der Waals surface area (Å²) in [4.78, 5) is 23.5. The number of hydrogen-bond acceptors (Lipinski definition) is 4. The Morgan fingerprint density at radius 2 is 2.10 bits per heavy atom. The fourth-order valence-corrected chi connectivity index (χ4v) is 2.67. The van der Waals surface area contributed by atoms with Crippen molar-refractivity contribution in [2.75, 3.05) is 12.4 Å². The van der Waals surface area contributed by atoms with Gasteiger partial charge in [0.05, 0.1) is 17.6 Å².